The first kappa shape index (κ1) is 18.8. The molecule has 0 unspecified atom stereocenters. The van der Waals surface area contributed by atoms with E-state index in [0.29, 0.717) is 22.6 Å². The molecule has 0 saturated carbocycles. The Kier molecular flexibility index (Phi) is 5.37. The van der Waals surface area contributed by atoms with Crippen molar-refractivity contribution in [3.8, 4) is 28.5 Å². The molecule has 0 bridgehead atoms. The summed E-state index contributed by atoms with van der Waals surface area (Å²) in [6.07, 6.45) is 0. The van der Waals surface area contributed by atoms with Crippen LogP contribution in [0.4, 0.5) is 0 Å². The fraction of sp³-hybridized carbons (Fsp3) is 0.286. The molecule has 27 heavy (non-hydrogen) atoms. The van der Waals surface area contributed by atoms with Crippen molar-refractivity contribution in [3.05, 3.63) is 51.8 Å². The van der Waals surface area contributed by atoms with E-state index in [1.165, 1.54) is 7.11 Å². The van der Waals surface area contributed by atoms with E-state index in [1.54, 1.807) is 13.2 Å². The minimum absolute atomic E-state index is 0.0394. The second-order valence-corrected chi connectivity index (χ2v) is 6.32. The number of aromatic nitrogens is 1. The predicted molar refractivity (Wildman–Crippen MR) is 105 cm³/mol. The highest BCUT2D eigenvalue weighted by Crippen LogP contribution is 2.33. The molecule has 0 spiro atoms. The summed E-state index contributed by atoms with van der Waals surface area (Å²) in [5.41, 5.74) is 3.22. The Balaban J connectivity index is 2.16. The van der Waals surface area contributed by atoms with Gasteiger partial charge in [0.25, 0.3) is 5.56 Å². The van der Waals surface area contributed by atoms with Crippen LogP contribution in [-0.4, -0.2) is 37.5 Å². The highest BCUT2D eigenvalue weighted by atomic mass is 16.5. The number of nitrogens with one attached hydrogen (secondary N) is 1. The van der Waals surface area contributed by atoms with Crippen molar-refractivity contribution in [3.63, 3.8) is 0 Å². The summed E-state index contributed by atoms with van der Waals surface area (Å²) >= 11 is 0. The molecule has 0 aliphatic heterocycles. The van der Waals surface area contributed by atoms with Crippen molar-refractivity contribution in [1.82, 2.24) is 4.98 Å². The first-order valence-electron chi connectivity index (χ1n) is 8.62. The van der Waals surface area contributed by atoms with Crippen LogP contribution in [0.2, 0.25) is 0 Å². The zero-order valence-corrected chi connectivity index (χ0v) is 15.9. The SMILES string of the molecule is COc1cc(OC)c2c(=O)[nH]c(-c3cc(C)c(OCCO)c(C)c3)cc2c1. The maximum atomic E-state index is 12.7. The van der Waals surface area contributed by atoms with Crippen LogP contribution in [0.25, 0.3) is 22.0 Å². The molecule has 0 aliphatic carbocycles. The van der Waals surface area contributed by atoms with Crippen molar-refractivity contribution < 1.29 is 19.3 Å². The molecule has 1 heterocycles. The van der Waals surface area contributed by atoms with E-state index < -0.39 is 0 Å². The van der Waals surface area contributed by atoms with Crippen molar-refractivity contribution >= 4 is 10.8 Å². The van der Waals surface area contributed by atoms with Crippen LogP contribution in [0.5, 0.6) is 17.2 Å². The Hall–Kier alpha value is -2.99. The predicted octanol–water partition coefficient (Wildman–Crippen LogP) is 3.20. The van der Waals surface area contributed by atoms with Gasteiger partial charge in [-0.15, -0.1) is 0 Å². The highest BCUT2D eigenvalue weighted by molar-refractivity contribution is 5.91. The topological polar surface area (TPSA) is 80.8 Å². The number of rotatable bonds is 6. The highest BCUT2D eigenvalue weighted by Gasteiger charge is 2.13. The number of fused-ring (bicyclic) bond motifs is 1. The number of methoxy groups -OCH3 is 2. The normalized spacial score (nSPS) is 10.9. The van der Waals surface area contributed by atoms with Gasteiger partial charge in [0, 0.05) is 11.8 Å². The summed E-state index contributed by atoms with van der Waals surface area (Å²) in [5, 5.41) is 10.2. The van der Waals surface area contributed by atoms with Gasteiger partial charge in [0.15, 0.2) is 0 Å². The molecule has 0 radical (unpaired) electrons. The third-order valence-electron chi connectivity index (χ3n) is 4.45. The van der Waals surface area contributed by atoms with Gasteiger partial charge < -0.3 is 24.3 Å². The molecule has 2 aromatic carbocycles. The number of pyridine rings is 1. The summed E-state index contributed by atoms with van der Waals surface area (Å²) in [6, 6.07) is 9.32. The second kappa shape index (κ2) is 7.72. The van der Waals surface area contributed by atoms with Crippen molar-refractivity contribution in [2.75, 3.05) is 27.4 Å². The van der Waals surface area contributed by atoms with Crippen LogP contribution in [0, 0.1) is 13.8 Å². The lowest BCUT2D eigenvalue weighted by molar-refractivity contribution is 0.200. The standard InChI is InChI=1S/C21H23NO5/c1-12-7-14(8-13(2)20(12)27-6-5-23)17-10-15-9-16(25-3)11-18(26-4)19(15)21(24)22-17/h7-11,23H,5-6H2,1-4H3,(H,22,24). The molecule has 6 nitrogen and oxygen atoms in total. The van der Waals surface area contributed by atoms with Gasteiger partial charge in [0.2, 0.25) is 0 Å². The summed E-state index contributed by atoms with van der Waals surface area (Å²) in [6.45, 7) is 4.08. The largest absolute Gasteiger partial charge is 0.497 e. The number of aromatic amines is 1. The van der Waals surface area contributed by atoms with Crippen LogP contribution in [-0.2, 0) is 0 Å². The number of ether oxygens (including phenoxy) is 3. The molecule has 3 rings (SSSR count). The Morgan fingerprint density at radius 2 is 1.70 bits per heavy atom. The van der Waals surface area contributed by atoms with Gasteiger partial charge in [-0.3, -0.25) is 4.79 Å². The molecule has 3 aromatic rings. The second-order valence-electron chi connectivity index (χ2n) is 6.32. The lowest BCUT2D eigenvalue weighted by Crippen LogP contribution is -2.09. The quantitative estimate of drug-likeness (QED) is 0.697. The van der Waals surface area contributed by atoms with Crippen LogP contribution < -0.4 is 19.8 Å². The lowest BCUT2D eigenvalue weighted by atomic mass is 10.0. The van der Waals surface area contributed by atoms with Crippen LogP contribution in [0.1, 0.15) is 11.1 Å². The Morgan fingerprint density at radius 1 is 1.00 bits per heavy atom. The number of aliphatic hydroxyl groups is 1. The van der Waals surface area contributed by atoms with Crippen LogP contribution in [0.3, 0.4) is 0 Å². The number of benzene rings is 2. The van der Waals surface area contributed by atoms with Crippen LogP contribution >= 0.6 is 0 Å². The average molecular weight is 369 g/mol. The Bertz CT molecular complexity index is 1020. The minimum atomic E-state index is -0.224. The van der Waals surface area contributed by atoms with Gasteiger partial charge in [-0.1, -0.05) is 0 Å². The average Bonchev–Trinajstić information content (AvgIpc) is 2.66. The maximum Gasteiger partial charge on any atom is 0.260 e. The number of aliphatic hydroxyl groups excluding tert-OH is 1. The Morgan fingerprint density at radius 3 is 2.30 bits per heavy atom. The molecule has 0 saturated heterocycles. The van der Waals surface area contributed by atoms with E-state index in [1.807, 2.05) is 38.1 Å². The summed E-state index contributed by atoms with van der Waals surface area (Å²) < 4.78 is 16.3. The molecule has 0 atom stereocenters. The summed E-state index contributed by atoms with van der Waals surface area (Å²) in [7, 11) is 3.10. The van der Waals surface area contributed by atoms with E-state index in [0.717, 1.165) is 27.8 Å². The molecule has 6 heteroatoms. The third-order valence-corrected chi connectivity index (χ3v) is 4.45. The van der Waals surface area contributed by atoms with Gasteiger partial charge in [0.1, 0.15) is 23.9 Å². The van der Waals surface area contributed by atoms with Crippen LogP contribution in [0.15, 0.2) is 35.1 Å². The zero-order chi connectivity index (χ0) is 19.6. The maximum absolute atomic E-state index is 12.7. The minimum Gasteiger partial charge on any atom is -0.497 e. The van der Waals surface area contributed by atoms with E-state index in [9.17, 15) is 4.79 Å². The van der Waals surface area contributed by atoms with Gasteiger partial charge >= 0.3 is 0 Å². The number of hydrogen-bond donors (Lipinski definition) is 2. The van der Waals surface area contributed by atoms with E-state index >= 15 is 0 Å². The molecule has 0 amide bonds. The smallest absolute Gasteiger partial charge is 0.260 e. The summed E-state index contributed by atoms with van der Waals surface area (Å²) in [4.78, 5) is 15.6. The van der Waals surface area contributed by atoms with Crippen molar-refractivity contribution in [2.24, 2.45) is 0 Å². The molecule has 142 valence electrons. The third kappa shape index (κ3) is 3.61. The number of aryl methyl sites for hydroxylation is 2. The fourth-order valence-electron chi connectivity index (χ4n) is 3.26. The molecule has 2 N–H and O–H groups in total. The number of H-pyrrole nitrogens is 1. The fourth-order valence-corrected chi connectivity index (χ4v) is 3.26. The molecular weight excluding hydrogens is 346 g/mol. The first-order chi connectivity index (χ1) is 13.0. The van der Waals surface area contributed by atoms with E-state index in [-0.39, 0.29) is 18.8 Å². The monoisotopic (exact) mass is 369 g/mol. The van der Waals surface area contributed by atoms with Crippen molar-refractivity contribution in [1.29, 1.82) is 0 Å². The Labute approximate surface area is 157 Å². The van der Waals surface area contributed by atoms with Gasteiger partial charge in [-0.2, -0.15) is 0 Å². The first-order valence-corrected chi connectivity index (χ1v) is 8.62. The van der Waals surface area contributed by atoms with E-state index in [4.69, 9.17) is 19.3 Å². The van der Waals surface area contributed by atoms with E-state index in [2.05, 4.69) is 4.98 Å². The lowest BCUT2D eigenvalue weighted by Gasteiger charge is -2.14. The molecule has 0 fully saturated rings. The van der Waals surface area contributed by atoms with Crippen molar-refractivity contribution in [2.45, 2.75) is 13.8 Å². The molecule has 0 aliphatic rings. The van der Waals surface area contributed by atoms with Gasteiger partial charge in [0.05, 0.1) is 26.2 Å². The molecule has 1 aromatic heterocycles. The zero-order valence-electron chi connectivity index (χ0n) is 15.9. The summed E-state index contributed by atoms with van der Waals surface area (Å²) in [5.74, 6) is 1.84. The van der Waals surface area contributed by atoms with Gasteiger partial charge in [-0.05, 0) is 60.2 Å². The number of hydrogen-bond acceptors (Lipinski definition) is 5. The van der Waals surface area contributed by atoms with Gasteiger partial charge in [-0.25, -0.2) is 0 Å². The molecular formula is C21H23NO5.